The number of amides is 3. The van der Waals surface area contributed by atoms with Crippen LogP contribution in [0.2, 0.25) is 0 Å². The normalized spacial score (nSPS) is 21.9. The highest BCUT2D eigenvalue weighted by Crippen LogP contribution is 2.29. The van der Waals surface area contributed by atoms with E-state index in [-0.39, 0.29) is 18.0 Å². The van der Waals surface area contributed by atoms with Crippen molar-refractivity contribution in [1.82, 2.24) is 20.0 Å². The molecule has 1 saturated heterocycles. The van der Waals surface area contributed by atoms with Gasteiger partial charge in [0.1, 0.15) is 6.04 Å². The number of nitrogens with one attached hydrogen (secondary N) is 2. The molecule has 0 bridgehead atoms. The van der Waals surface area contributed by atoms with E-state index in [1.807, 2.05) is 20.2 Å². The van der Waals surface area contributed by atoms with Gasteiger partial charge in [-0.05, 0) is 18.8 Å². The van der Waals surface area contributed by atoms with Crippen LogP contribution in [0.25, 0.3) is 0 Å². The second-order valence-corrected chi connectivity index (χ2v) is 7.19. The number of urea groups is 1. The van der Waals surface area contributed by atoms with E-state index in [1.54, 1.807) is 9.58 Å². The third-order valence-corrected chi connectivity index (χ3v) is 5.35. The van der Waals surface area contributed by atoms with E-state index in [2.05, 4.69) is 15.7 Å². The Hall–Kier alpha value is -2.05. The van der Waals surface area contributed by atoms with E-state index in [9.17, 15) is 9.59 Å². The molecule has 0 aromatic carbocycles. The molecule has 0 unspecified atom stereocenters. The van der Waals surface area contributed by atoms with Crippen molar-refractivity contribution in [2.75, 3.05) is 18.4 Å². The van der Waals surface area contributed by atoms with Crippen molar-refractivity contribution in [3.05, 3.63) is 11.9 Å². The second kappa shape index (κ2) is 7.89. The zero-order valence-corrected chi connectivity index (χ0v) is 15.3. The number of aromatic nitrogens is 2. The topological polar surface area (TPSA) is 79.3 Å². The summed E-state index contributed by atoms with van der Waals surface area (Å²) in [5.41, 5.74) is 1.60. The molecule has 3 rings (SSSR count). The average molecular weight is 347 g/mol. The van der Waals surface area contributed by atoms with E-state index >= 15 is 0 Å². The highest BCUT2D eigenvalue weighted by Gasteiger charge is 2.35. The maximum Gasteiger partial charge on any atom is 0.322 e. The van der Waals surface area contributed by atoms with Gasteiger partial charge in [0.05, 0.1) is 11.4 Å². The standard InChI is InChI=1S/C18H29N5O2/c1-3-14-15(12-22(2)21-14)20-18(25)23-10-9-19-17(24)16(23)11-13-7-5-4-6-8-13/h12-13,16H,3-11H2,1-2H3,(H,19,24)(H,20,25)/t16-/m0/s1. The summed E-state index contributed by atoms with van der Waals surface area (Å²) < 4.78 is 1.71. The number of carbonyl (C=O) groups is 2. The molecule has 2 N–H and O–H groups in total. The number of aryl methyl sites for hydroxylation is 2. The first-order valence-corrected chi connectivity index (χ1v) is 9.46. The maximum absolute atomic E-state index is 12.8. The molecule has 2 fully saturated rings. The lowest BCUT2D eigenvalue weighted by molar-refractivity contribution is -0.128. The molecule has 2 aliphatic rings. The van der Waals surface area contributed by atoms with Crippen molar-refractivity contribution < 1.29 is 9.59 Å². The maximum atomic E-state index is 12.8. The third-order valence-electron chi connectivity index (χ3n) is 5.35. The first-order chi connectivity index (χ1) is 12.1. The van der Waals surface area contributed by atoms with Crippen molar-refractivity contribution in [3.8, 4) is 0 Å². The highest BCUT2D eigenvalue weighted by atomic mass is 16.2. The minimum Gasteiger partial charge on any atom is -0.353 e. The SMILES string of the molecule is CCc1nn(C)cc1NC(=O)N1CCNC(=O)[C@@H]1CC1CCCCC1. The Kier molecular flexibility index (Phi) is 5.60. The van der Waals surface area contributed by atoms with Crippen molar-refractivity contribution in [3.63, 3.8) is 0 Å². The molecular formula is C18H29N5O2. The van der Waals surface area contributed by atoms with Gasteiger partial charge in [-0.1, -0.05) is 39.0 Å². The summed E-state index contributed by atoms with van der Waals surface area (Å²) in [5, 5.41) is 10.2. The third kappa shape index (κ3) is 4.14. The Labute approximate surface area is 149 Å². The molecular weight excluding hydrogens is 318 g/mol. The molecule has 1 atom stereocenters. The van der Waals surface area contributed by atoms with Crippen LogP contribution in [0.3, 0.4) is 0 Å². The van der Waals surface area contributed by atoms with Crippen LogP contribution >= 0.6 is 0 Å². The number of hydrogen-bond donors (Lipinski definition) is 2. The lowest BCUT2D eigenvalue weighted by Crippen LogP contribution is -2.58. The van der Waals surface area contributed by atoms with E-state index in [1.165, 1.54) is 32.1 Å². The summed E-state index contributed by atoms with van der Waals surface area (Å²) in [6.07, 6.45) is 9.44. The fourth-order valence-corrected chi connectivity index (χ4v) is 4.02. The fraction of sp³-hybridized carbons (Fsp3) is 0.722. The van der Waals surface area contributed by atoms with Crippen LogP contribution in [0.5, 0.6) is 0 Å². The molecule has 0 spiro atoms. The fourth-order valence-electron chi connectivity index (χ4n) is 4.02. The number of anilines is 1. The summed E-state index contributed by atoms with van der Waals surface area (Å²) >= 11 is 0. The molecule has 1 aliphatic carbocycles. The molecule has 138 valence electrons. The molecule has 1 aromatic rings. The Morgan fingerprint density at radius 3 is 2.84 bits per heavy atom. The molecule has 7 nitrogen and oxygen atoms in total. The van der Waals surface area contributed by atoms with Gasteiger partial charge < -0.3 is 15.5 Å². The van der Waals surface area contributed by atoms with Crippen LogP contribution in [0.15, 0.2) is 6.20 Å². The molecule has 7 heteroatoms. The van der Waals surface area contributed by atoms with Crippen LogP contribution < -0.4 is 10.6 Å². The lowest BCUT2D eigenvalue weighted by Gasteiger charge is -2.37. The largest absolute Gasteiger partial charge is 0.353 e. The van der Waals surface area contributed by atoms with Crippen LogP contribution in [0, 0.1) is 5.92 Å². The van der Waals surface area contributed by atoms with Gasteiger partial charge in [-0.25, -0.2) is 4.79 Å². The van der Waals surface area contributed by atoms with Gasteiger partial charge in [-0.2, -0.15) is 5.10 Å². The molecule has 1 saturated carbocycles. The van der Waals surface area contributed by atoms with Crippen molar-refractivity contribution in [1.29, 1.82) is 0 Å². The molecule has 0 radical (unpaired) electrons. The van der Waals surface area contributed by atoms with E-state index in [0.29, 0.717) is 19.0 Å². The minimum absolute atomic E-state index is 0.0196. The van der Waals surface area contributed by atoms with Gasteiger partial charge >= 0.3 is 6.03 Å². The summed E-state index contributed by atoms with van der Waals surface area (Å²) in [4.78, 5) is 27.0. The minimum atomic E-state index is -0.362. The molecule has 3 amide bonds. The first-order valence-electron chi connectivity index (χ1n) is 9.46. The van der Waals surface area contributed by atoms with Gasteiger partial charge in [0.25, 0.3) is 0 Å². The quantitative estimate of drug-likeness (QED) is 0.877. The summed E-state index contributed by atoms with van der Waals surface area (Å²) in [6.45, 7) is 3.08. The Bertz CT molecular complexity index is 621. The van der Waals surface area contributed by atoms with Gasteiger partial charge in [0.15, 0.2) is 0 Å². The lowest BCUT2D eigenvalue weighted by atomic mass is 9.84. The number of piperazine rings is 1. The van der Waals surface area contributed by atoms with Gasteiger partial charge in [-0.15, -0.1) is 0 Å². The number of rotatable bonds is 4. The number of nitrogens with zero attached hydrogens (tertiary/aromatic N) is 3. The Morgan fingerprint density at radius 2 is 2.12 bits per heavy atom. The predicted molar refractivity (Wildman–Crippen MR) is 96.3 cm³/mol. The second-order valence-electron chi connectivity index (χ2n) is 7.19. The smallest absolute Gasteiger partial charge is 0.322 e. The van der Waals surface area contributed by atoms with Crippen LogP contribution in [-0.4, -0.2) is 45.8 Å². The van der Waals surface area contributed by atoms with Crippen LogP contribution in [0.1, 0.15) is 51.1 Å². The van der Waals surface area contributed by atoms with Gasteiger partial charge in [0, 0.05) is 26.3 Å². The van der Waals surface area contributed by atoms with Crippen molar-refractivity contribution >= 4 is 17.6 Å². The van der Waals surface area contributed by atoms with E-state index in [0.717, 1.165) is 24.2 Å². The van der Waals surface area contributed by atoms with E-state index < -0.39 is 0 Å². The highest BCUT2D eigenvalue weighted by molar-refractivity contribution is 5.94. The molecule has 25 heavy (non-hydrogen) atoms. The van der Waals surface area contributed by atoms with Crippen molar-refractivity contribution in [2.45, 2.75) is 57.9 Å². The predicted octanol–water partition coefficient (Wildman–Crippen LogP) is 2.29. The summed E-state index contributed by atoms with van der Waals surface area (Å²) in [5.74, 6) is 0.524. The summed E-state index contributed by atoms with van der Waals surface area (Å²) in [6, 6.07) is -0.558. The van der Waals surface area contributed by atoms with E-state index in [4.69, 9.17) is 0 Å². The zero-order chi connectivity index (χ0) is 17.8. The van der Waals surface area contributed by atoms with Gasteiger partial charge in [-0.3, -0.25) is 9.48 Å². The number of carbonyl (C=O) groups excluding carboxylic acids is 2. The zero-order valence-electron chi connectivity index (χ0n) is 15.3. The van der Waals surface area contributed by atoms with Crippen LogP contribution in [-0.2, 0) is 18.3 Å². The number of hydrogen-bond acceptors (Lipinski definition) is 3. The van der Waals surface area contributed by atoms with Crippen LogP contribution in [0.4, 0.5) is 10.5 Å². The monoisotopic (exact) mass is 347 g/mol. The van der Waals surface area contributed by atoms with Crippen molar-refractivity contribution in [2.24, 2.45) is 13.0 Å². The Morgan fingerprint density at radius 1 is 1.36 bits per heavy atom. The average Bonchev–Trinajstić information content (AvgIpc) is 2.97. The van der Waals surface area contributed by atoms with Gasteiger partial charge in [0.2, 0.25) is 5.91 Å². The Balaban J connectivity index is 1.70. The summed E-state index contributed by atoms with van der Waals surface area (Å²) in [7, 11) is 1.84. The molecule has 2 heterocycles. The molecule has 1 aliphatic heterocycles. The first kappa shape index (κ1) is 17.8. The molecule has 1 aromatic heterocycles.